The molecule has 1 atom stereocenters. The fraction of sp³-hybridized carbons (Fsp3) is 0.636. The monoisotopic (exact) mass is 243 g/mol. The number of likely N-dealkylation sites (N-methyl/N-ethyl adjacent to an activating group) is 1. The van der Waals surface area contributed by atoms with Crippen LogP contribution in [0.25, 0.3) is 0 Å². The van der Waals surface area contributed by atoms with E-state index in [2.05, 4.69) is 16.9 Å². The van der Waals surface area contributed by atoms with Crippen LogP contribution >= 0.6 is 11.6 Å². The number of nitrogens with zero attached hydrogens (tertiary/aromatic N) is 3. The first-order chi connectivity index (χ1) is 7.61. The predicted molar refractivity (Wildman–Crippen MR) is 66.0 cm³/mol. The zero-order valence-electron chi connectivity index (χ0n) is 9.94. The van der Waals surface area contributed by atoms with Crippen LogP contribution < -0.4 is 4.90 Å². The zero-order chi connectivity index (χ0) is 12.1. The molecule has 0 saturated heterocycles. The van der Waals surface area contributed by atoms with Gasteiger partial charge in [-0.15, -0.1) is 0 Å². The summed E-state index contributed by atoms with van der Waals surface area (Å²) in [7, 11) is 1.90. The summed E-state index contributed by atoms with van der Waals surface area (Å²) in [4.78, 5) is 10.2. The highest BCUT2D eigenvalue weighted by atomic mass is 35.5. The maximum absolute atomic E-state index is 9.14. The van der Waals surface area contributed by atoms with Crippen LogP contribution in [0.15, 0.2) is 6.33 Å². The van der Waals surface area contributed by atoms with Crippen LogP contribution in [0.3, 0.4) is 0 Å². The molecule has 0 spiro atoms. The lowest BCUT2D eigenvalue weighted by Crippen LogP contribution is -2.33. The molecule has 16 heavy (non-hydrogen) atoms. The minimum absolute atomic E-state index is 0.0153. The lowest BCUT2D eigenvalue weighted by molar-refractivity contribution is 0.269. The topological polar surface area (TPSA) is 49.2 Å². The van der Waals surface area contributed by atoms with E-state index in [-0.39, 0.29) is 12.6 Å². The molecule has 1 aromatic rings. The Labute approximate surface area is 101 Å². The van der Waals surface area contributed by atoms with Crippen LogP contribution in [0.2, 0.25) is 5.15 Å². The average Bonchev–Trinajstić information content (AvgIpc) is 2.30. The van der Waals surface area contributed by atoms with Gasteiger partial charge in [-0.2, -0.15) is 0 Å². The van der Waals surface area contributed by atoms with Crippen molar-refractivity contribution in [1.82, 2.24) is 9.97 Å². The van der Waals surface area contributed by atoms with Gasteiger partial charge in [0, 0.05) is 12.6 Å². The van der Waals surface area contributed by atoms with E-state index in [1.807, 2.05) is 18.9 Å². The van der Waals surface area contributed by atoms with Crippen molar-refractivity contribution in [1.29, 1.82) is 0 Å². The molecule has 1 unspecified atom stereocenters. The molecule has 0 saturated carbocycles. The van der Waals surface area contributed by atoms with Crippen molar-refractivity contribution in [2.24, 2.45) is 0 Å². The second-order valence-corrected chi connectivity index (χ2v) is 4.22. The highest BCUT2D eigenvalue weighted by Gasteiger charge is 2.16. The van der Waals surface area contributed by atoms with Gasteiger partial charge in [0.25, 0.3) is 0 Å². The number of anilines is 1. The fourth-order valence-electron chi connectivity index (χ4n) is 1.48. The summed E-state index contributed by atoms with van der Waals surface area (Å²) in [6.07, 6.45) is 3.29. The van der Waals surface area contributed by atoms with Gasteiger partial charge in [-0.3, -0.25) is 0 Å². The average molecular weight is 244 g/mol. The van der Waals surface area contributed by atoms with E-state index in [1.165, 1.54) is 6.33 Å². The second kappa shape index (κ2) is 6.01. The van der Waals surface area contributed by atoms with Crippen LogP contribution in [0, 0.1) is 0 Å². The first-order valence-electron chi connectivity index (χ1n) is 5.44. The Bertz CT molecular complexity index is 346. The first kappa shape index (κ1) is 13.2. The van der Waals surface area contributed by atoms with Gasteiger partial charge in [-0.25, -0.2) is 9.97 Å². The number of aromatic nitrogens is 2. The third-order valence-corrected chi connectivity index (χ3v) is 2.96. The molecule has 1 aromatic heterocycles. The van der Waals surface area contributed by atoms with Crippen LogP contribution in [-0.4, -0.2) is 34.8 Å². The van der Waals surface area contributed by atoms with Gasteiger partial charge < -0.3 is 10.0 Å². The normalized spacial score (nSPS) is 12.6. The maximum Gasteiger partial charge on any atom is 0.137 e. The number of hydrogen-bond donors (Lipinski definition) is 1. The van der Waals surface area contributed by atoms with Crippen molar-refractivity contribution in [3.63, 3.8) is 0 Å². The smallest absolute Gasteiger partial charge is 0.137 e. The first-order valence-corrected chi connectivity index (χ1v) is 5.82. The molecule has 0 fully saturated rings. The Morgan fingerprint density at radius 3 is 2.75 bits per heavy atom. The Morgan fingerprint density at radius 2 is 2.19 bits per heavy atom. The lowest BCUT2D eigenvalue weighted by atomic mass is 10.1. The van der Waals surface area contributed by atoms with E-state index in [0.29, 0.717) is 5.15 Å². The molecule has 1 heterocycles. The molecule has 0 aromatic carbocycles. The summed E-state index contributed by atoms with van der Waals surface area (Å²) in [5, 5.41) is 9.64. The summed E-state index contributed by atoms with van der Waals surface area (Å²) < 4.78 is 0. The van der Waals surface area contributed by atoms with Crippen molar-refractivity contribution in [3.8, 4) is 0 Å². The molecular weight excluding hydrogens is 226 g/mol. The minimum atomic E-state index is 0.0153. The van der Waals surface area contributed by atoms with Gasteiger partial charge in [0.15, 0.2) is 0 Å². The number of halogens is 1. The summed E-state index contributed by atoms with van der Waals surface area (Å²) in [6.45, 7) is 4.11. The van der Waals surface area contributed by atoms with Crippen LogP contribution in [-0.2, 0) is 6.42 Å². The quantitative estimate of drug-likeness (QED) is 0.803. The molecule has 1 rings (SSSR count). The molecule has 0 aliphatic heterocycles. The standard InChI is InChI=1S/C11H18ClN3O/c1-4-5-9-10(12)13-7-14-11(9)15(3)8(2)6-16/h7-8,16H,4-6H2,1-3H3. The summed E-state index contributed by atoms with van der Waals surface area (Å²) in [5.74, 6) is 0.809. The molecule has 5 heteroatoms. The van der Waals surface area contributed by atoms with Crippen molar-refractivity contribution < 1.29 is 5.11 Å². The van der Waals surface area contributed by atoms with Crippen molar-refractivity contribution in [2.75, 3.05) is 18.6 Å². The zero-order valence-corrected chi connectivity index (χ0v) is 10.7. The van der Waals surface area contributed by atoms with E-state index in [0.717, 1.165) is 24.2 Å². The van der Waals surface area contributed by atoms with E-state index < -0.39 is 0 Å². The second-order valence-electron chi connectivity index (χ2n) is 3.86. The van der Waals surface area contributed by atoms with E-state index in [9.17, 15) is 0 Å². The molecule has 0 bridgehead atoms. The summed E-state index contributed by atoms with van der Waals surface area (Å²) in [5.41, 5.74) is 0.953. The molecule has 0 radical (unpaired) electrons. The Kier molecular flexibility index (Phi) is 4.96. The molecule has 0 aliphatic rings. The van der Waals surface area contributed by atoms with Crippen molar-refractivity contribution in [2.45, 2.75) is 32.7 Å². The van der Waals surface area contributed by atoms with Gasteiger partial charge in [0.1, 0.15) is 17.3 Å². The largest absolute Gasteiger partial charge is 0.394 e. The molecule has 4 nitrogen and oxygen atoms in total. The molecule has 0 aliphatic carbocycles. The number of aliphatic hydroxyl groups is 1. The number of aliphatic hydroxyl groups excluding tert-OH is 1. The van der Waals surface area contributed by atoms with Gasteiger partial charge in [0.05, 0.1) is 12.6 Å². The summed E-state index contributed by atoms with van der Waals surface area (Å²) in [6, 6.07) is 0.0153. The predicted octanol–water partition coefficient (Wildman–Crippen LogP) is 1.90. The number of rotatable bonds is 5. The lowest BCUT2D eigenvalue weighted by Gasteiger charge is -2.26. The van der Waals surface area contributed by atoms with Crippen molar-refractivity contribution in [3.05, 3.63) is 17.0 Å². The van der Waals surface area contributed by atoms with Crippen LogP contribution in [0.5, 0.6) is 0 Å². The van der Waals surface area contributed by atoms with Crippen molar-refractivity contribution >= 4 is 17.4 Å². The summed E-state index contributed by atoms with van der Waals surface area (Å²) >= 11 is 6.06. The van der Waals surface area contributed by atoms with Gasteiger partial charge in [0.2, 0.25) is 0 Å². The molecular formula is C11H18ClN3O. The van der Waals surface area contributed by atoms with Gasteiger partial charge in [-0.1, -0.05) is 24.9 Å². The third kappa shape index (κ3) is 2.83. The Balaban J connectivity index is 3.06. The van der Waals surface area contributed by atoms with E-state index in [1.54, 1.807) is 0 Å². The number of hydrogen-bond acceptors (Lipinski definition) is 4. The van der Waals surface area contributed by atoms with E-state index in [4.69, 9.17) is 16.7 Å². The Hall–Kier alpha value is -0.870. The van der Waals surface area contributed by atoms with Gasteiger partial charge in [-0.05, 0) is 13.3 Å². The minimum Gasteiger partial charge on any atom is -0.394 e. The molecule has 0 amide bonds. The van der Waals surface area contributed by atoms with Gasteiger partial charge >= 0.3 is 0 Å². The third-order valence-electron chi connectivity index (χ3n) is 2.63. The highest BCUT2D eigenvalue weighted by Crippen LogP contribution is 2.24. The van der Waals surface area contributed by atoms with Crippen LogP contribution in [0.1, 0.15) is 25.8 Å². The SMILES string of the molecule is CCCc1c(Cl)ncnc1N(C)C(C)CO. The van der Waals surface area contributed by atoms with E-state index >= 15 is 0 Å². The molecule has 90 valence electrons. The Morgan fingerprint density at radius 1 is 1.50 bits per heavy atom. The highest BCUT2D eigenvalue weighted by molar-refractivity contribution is 6.30. The van der Waals surface area contributed by atoms with Crippen LogP contribution in [0.4, 0.5) is 5.82 Å². The molecule has 1 N–H and O–H groups in total. The fourth-order valence-corrected chi connectivity index (χ4v) is 1.71. The maximum atomic E-state index is 9.14.